The predicted molar refractivity (Wildman–Crippen MR) is 109 cm³/mol. The maximum absolute atomic E-state index is 4.52. The van der Waals surface area contributed by atoms with E-state index in [0.717, 1.165) is 57.6 Å². The van der Waals surface area contributed by atoms with Gasteiger partial charge in [-0.25, -0.2) is 9.97 Å². The number of piperazine rings is 1. The smallest absolute Gasteiger partial charge is 0.225 e. The first kappa shape index (κ1) is 18.5. The van der Waals surface area contributed by atoms with Gasteiger partial charge in [0, 0.05) is 65.3 Å². The third kappa shape index (κ3) is 4.34. The SMILES string of the molecule is CN=C(NCCCN1CCN(c2ncccn2)CC1)N1CCC2(CCC2)C1. The van der Waals surface area contributed by atoms with E-state index in [4.69, 9.17) is 0 Å². The number of hydrogen-bond acceptors (Lipinski definition) is 5. The second-order valence-electron chi connectivity index (χ2n) is 8.23. The van der Waals surface area contributed by atoms with Crippen molar-refractivity contribution in [2.45, 2.75) is 32.1 Å². The van der Waals surface area contributed by atoms with E-state index in [1.54, 1.807) is 0 Å². The van der Waals surface area contributed by atoms with Gasteiger partial charge in [-0.15, -0.1) is 0 Å². The second kappa shape index (κ2) is 8.42. The molecule has 1 saturated carbocycles. The van der Waals surface area contributed by atoms with E-state index in [9.17, 15) is 0 Å². The molecule has 7 heteroatoms. The maximum atomic E-state index is 4.52. The Hall–Kier alpha value is -1.89. The molecule has 1 aromatic rings. The molecule has 27 heavy (non-hydrogen) atoms. The Morgan fingerprint density at radius 2 is 1.89 bits per heavy atom. The molecule has 1 aromatic heterocycles. The highest BCUT2D eigenvalue weighted by molar-refractivity contribution is 5.80. The Balaban J connectivity index is 1.13. The van der Waals surface area contributed by atoms with Gasteiger partial charge in [-0.1, -0.05) is 6.42 Å². The van der Waals surface area contributed by atoms with Crippen molar-refractivity contribution in [2.75, 3.05) is 64.3 Å². The van der Waals surface area contributed by atoms with Crippen LogP contribution in [0.5, 0.6) is 0 Å². The number of likely N-dealkylation sites (tertiary alicyclic amines) is 1. The molecule has 0 amide bonds. The number of nitrogens with zero attached hydrogens (tertiary/aromatic N) is 6. The molecule has 2 aliphatic heterocycles. The summed E-state index contributed by atoms with van der Waals surface area (Å²) in [5.41, 5.74) is 0.625. The van der Waals surface area contributed by atoms with E-state index < -0.39 is 0 Å². The van der Waals surface area contributed by atoms with Crippen LogP contribution in [0, 0.1) is 5.41 Å². The van der Waals surface area contributed by atoms with E-state index in [2.05, 4.69) is 35.0 Å². The van der Waals surface area contributed by atoms with Crippen LogP contribution in [0.25, 0.3) is 0 Å². The summed E-state index contributed by atoms with van der Waals surface area (Å²) in [5, 5.41) is 3.59. The van der Waals surface area contributed by atoms with Crippen molar-refractivity contribution in [1.29, 1.82) is 0 Å². The second-order valence-corrected chi connectivity index (χ2v) is 8.23. The number of anilines is 1. The molecular weight excluding hydrogens is 338 g/mol. The number of rotatable bonds is 5. The topological polar surface area (TPSA) is 59.9 Å². The zero-order valence-corrected chi connectivity index (χ0v) is 16.6. The molecule has 0 aromatic carbocycles. The minimum atomic E-state index is 0.625. The van der Waals surface area contributed by atoms with Crippen molar-refractivity contribution in [3.8, 4) is 0 Å². The molecule has 1 spiro atoms. The average Bonchev–Trinajstić information content (AvgIpc) is 3.15. The lowest BCUT2D eigenvalue weighted by molar-refractivity contribution is 0.151. The summed E-state index contributed by atoms with van der Waals surface area (Å²) >= 11 is 0. The molecule has 7 nitrogen and oxygen atoms in total. The third-order valence-corrected chi connectivity index (χ3v) is 6.51. The molecule has 3 aliphatic rings. The van der Waals surface area contributed by atoms with Crippen LogP contribution in [-0.2, 0) is 0 Å². The van der Waals surface area contributed by atoms with Gasteiger partial charge >= 0.3 is 0 Å². The number of guanidine groups is 1. The van der Waals surface area contributed by atoms with Crippen molar-refractivity contribution >= 4 is 11.9 Å². The van der Waals surface area contributed by atoms with Gasteiger partial charge in [0.2, 0.25) is 5.95 Å². The zero-order valence-electron chi connectivity index (χ0n) is 16.6. The van der Waals surface area contributed by atoms with Crippen molar-refractivity contribution in [2.24, 2.45) is 10.4 Å². The van der Waals surface area contributed by atoms with Gasteiger partial charge in [-0.05, 0) is 43.7 Å². The van der Waals surface area contributed by atoms with Crippen LogP contribution >= 0.6 is 0 Å². The zero-order chi connectivity index (χ0) is 18.5. The lowest BCUT2D eigenvalue weighted by Gasteiger charge is -2.38. The summed E-state index contributed by atoms with van der Waals surface area (Å²) in [6, 6.07) is 1.87. The minimum absolute atomic E-state index is 0.625. The highest BCUT2D eigenvalue weighted by atomic mass is 15.3. The van der Waals surface area contributed by atoms with E-state index >= 15 is 0 Å². The standard InChI is InChI=1S/C20H33N7/c1-21-18(27-12-7-20(17-27)5-2-6-20)22-10-4-11-25-13-15-26(16-14-25)19-23-8-3-9-24-19/h3,8-9H,2,4-7,10-17H2,1H3,(H,21,22). The van der Waals surface area contributed by atoms with Crippen molar-refractivity contribution in [3.05, 3.63) is 18.5 Å². The van der Waals surface area contributed by atoms with Crippen molar-refractivity contribution < 1.29 is 0 Å². The number of nitrogens with one attached hydrogen (secondary N) is 1. The number of hydrogen-bond donors (Lipinski definition) is 1. The summed E-state index contributed by atoms with van der Waals surface area (Å²) in [7, 11) is 1.92. The Bertz CT molecular complexity index is 620. The van der Waals surface area contributed by atoms with Gasteiger partial charge in [0.25, 0.3) is 0 Å². The third-order valence-electron chi connectivity index (χ3n) is 6.51. The molecule has 1 N–H and O–H groups in total. The molecule has 1 aliphatic carbocycles. The van der Waals surface area contributed by atoms with Gasteiger partial charge in [0.15, 0.2) is 5.96 Å². The van der Waals surface area contributed by atoms with Crippen molar-refractivity contribution in [1.82, 2.24) is 25.1 Å². The molecule has 3 fully saturated rings. The fourth-order valence-corrected chi connectivity index (χ4v) is 4.66. The van der Waals surface area contributed by atoms with Crippen LogP contribution < -0.4 is 10.2 Å². The molecule has 148 valence electrons. The number of aliphatic imine (C=N–C) groups is 1. The molecule has 0 bridgehead atoms. The van der Waals surface area contributed by atoms with E-state index in [0.29, 0.717) is 5.41 Å². The van der Waals surface area contributed by atoms with Gasteiger partial charge < -0.3 is 15.1 Å². The van der Waals surface area contributed by atoms with E-state index in [-0.39, 0.29) is 0 Å². The molecule has 2 saturated heterocycles. The summed E-state index contributed by atoms with van der Waals surface area (Å²) < 4.78 is 0. The Labute approximate surface area is 162 Å². The van der Waals surface area contributed by atoms with Gasteiger partial charge in [0.05, 0.1) is 0 Å². The Morgan fingerprint density at radius 1 is 1.11 bits per heavy atom. The first-order valence-corrected chi connectivity index (χ1v) is 10.5. The van der Waals surface area contributed by atoms with E-state index in [1.807, 2.05) is 25.5 Å². The quantitative estimate of drug-likeness (QED) is 0.480. The van der Waals surface area contributed by atoms with Crippen molar-refractivity contribution in [3.63, 3.8) is 0 Å². The van der Waals surface area contributed by atoms with Gasteiger partial charge in [-0.2, -0.15) is 0 Å². The molecule has 0 unspecified atom stereocenters. The largest absolute Gasteiger partial charge is 0.356 e. The van der Waals surface area contributed by atoms with E-state index in [1.165, 1.54) is 38.8 Å². The summed E-state index contributed by atoms with van der Waals surface area (Å²) in [6.45, 7) is 8.70. The molecule has 0 radical (unpaired) electrons. The maximum Gasteiger partial charge on any atom is 0.225 e. The van der Waals surface area contributed by atoms with Crippen LogP contribution in [0.15, 0.2) is 23.5 Å². The highest BCUT2D eigenvalue weighted by Crippen LogP contribution is 2.47. The fraction of sp³-hybridized carbons (Fsp3) is 0.750. The Kier molecular flexibility index (Phi) is 5.76. The normalized spacial score (nSPS) is 22.9. The van der Waals surface area contributed by atoms with Crippen LogP contribution in [0.3, 0.4) is 0 Å². The van der Waals surface area contributed by atoms with Gasteiger partial charge in [-0.3, -0.25) is 9.89 Å². The van der Waals surface area contributed by atoms with Crippen LogP contribution in [0.2, 0.25) is 0 Å². The summed E-state index contributed by atoms with van der Waals surface area (Å²) in [5.74, 6) is 1.96. The van der Waals surface area contributed by atoms with Crippen LogP contribution in [-0.4, -0.2) is 85.1 Å². The molecule has 4 rings (SSSR count). The van der Waals surface area contributed by atoms with Crippen LogP contribution in [0.1, 0.15) is 32.1 Å². The fourth-order valence-electron chi connectivity index (χ4n) is 4.66. The molecule has 3 heterocycles. The minimum Gasteiger partial charge on any atom is -0.356 e. The monoisotopic (exact) mass is 371 g/mol. The highest BCUT2D eigenvalue weighted by Gasteiger charge is 2.43. The average molecular weight is 372 g/mol. The first-order chi connectivity index (χ1) is 13.3. The summed E-state index contributed by atoms with van der Waals surface area (Å²) in [6.07, 6.45) is 10.4. The Morgan fingerprint density at radius 3 is 2.52 bits per heavy atom. The van der Waals surface area contributed by atoms with Crippen LogP contribution in [0.4, 0.5) is 5.95 Å². The predicted octanol–water partition coefficient (Wildman–Crippen LogP) is 1.44. The molecule has 0 atom stereocenters. The lowest BCUT2D eigenvalue weighted by Crippen LogP contribution is -2.48. The molecular formula is C20H33N7. The summed E-state index contributed by atoms with van der Waals surface area (Å²) in [4.78, 5) is 20.5. The number of aromatic nitrogens is 2. The first-order valence-electron chi connectivity index (χ1n) is 10.5. The van der Waals surface area contributed by atoms with Gasteiger partial charge in [0.1, 0.15) is 0 Å². The lowest BCUT2D eigenvalue weighted by atomic mass is 9.68.